The number of ether oxygens (including phenoxy) is 1. The number of nitrogens with one attached hydrogen (secondary N) is 1. The Kier molecular flexibility index (Phi) is 5.29. The van der Waals surface area contributed by atoms with Gasteiger partial charge < -0.3 is 10.1 Å². The molecule has 1 unspecified atom stereocenters. The van der Waals surface area contributed by atoms with Gasteiger partial charge in [0.2, 0.25) is 10.0 Å². The molecule has 0 spiro atoms. The van der Waals surface area contributed by atoms with Crippen molar-refractivity contribution < 1.29 is 17.9 Å². The highest BCUT2D eigenvalue weighted by molar-refractivity contribution is 7.89. The number of aryl methyl sites for hydroxylation is 1. The Morgan fingerprint density at radius 1 is 1.55 bits per heavy atom. The van der Waals surface area contributed by atoms with E-state index in [1.165, 1.54) is 18.2 Å². The molecule has 0 saturated carbocycles. The van der Waals surface area contributed by atoms with Crippen LogP contribution in [0, 0.1) is 6.92 Å². The van der Waals surface area contributed by atoms with Gasteiger partial charge >= 0.3 is 0 Å². The number of primary sulfonamides is 1. The van der Waals surface area contributed by atoms with E-state index < -0.39 is 16.1 Å². The second kappa shape index (κ2) is 6.53. The molecule has 20 heavy (non-hydrogen) atoms. The molecule has 0 radical (unpaired) electrons. The topological polar surface area (TPSA) is 98.5 Å². The maximum Gasteiger partial charge on any atom is 0.261 e. The van der Waals surface area contributed by atoms with Crippen molar-refractivity contribution in [2.45, 2.75) is 24.8 Å². The molecular weight excluding hydrogens is 280 g/mol. The minimum absolute atomic E-state index is 0.0358. The summed E-state index contributed by atoms with van der Waals surface area (Å²) in [5, 5.41) is 7.67. The first-order valence-electron chi connectivity index (χ1n) is 5.94. The standard InChI is InChI=1S/C13H18N2O4S/c1-4-7-15-13(16)10(3)19-11-5-6-12(9(2)8-11)20(14,17)18/h4-6,8,10H,1,7H2,2-3H3,(H,15,16)(H2,14,17,18). The first-order chi connectivity index (χ1) is 9.25. The van der Waals surface area contributed by atoms with Crippen LogP contribution in [0.2, 0.25) is 0 Å². The van der Waals surface area contributed by atoms with Gasteiger partial charge in [0.1, 0.15) is 5.75 Å². The third-order valence-corrected chi connectivity index (χ3v) is 3.63. The summed E-state index contributed by atoms with van der Waals surface area (Å²) >= 11 is 0. The predicted molar refractivity (Wildman–Crippen MR) is 75.8 cm³/mol. The Balaban J connectivity index is 2.82. The zero-order valence-corrected chi connectivity index (χ0v) is 12.2. The molecule has 1 rings (SSSR count). The average Bonchev–Trinajstić information content (AvgIpc) is 2.34. The van der Waals surface area contributed by atoms with E-state index in [0.29, 0.717) is 17.9 Å². The van der Waals surface area contributed by atoms with Gasteiger partial charge in [-0.25, -0.2) is 13.6 Å². The minimum atomic E-state index is -3.75. The number of nitrogens with two attached hydrogens (primary N) is 1. The van der Waals surface area contributed by atoms with Crippen LogP contribution in [-0.4, -0.2) is 27.0 Å². The summed E-state index contributed by atoms with van der Waals surface area (Å²) in [5.74, 6) is 0.120. The number of rotatable bonds is 6. The van der Waals surface area contributed by atoms with Crippen LogP contribution in [0.3, 0.4) is 0 Å². The summed E-state index contributed by atoms with van der Waals surface area (Å²) in [6.45, 7) is 7.06. The van der Waals surface area contributed by atoms with Crippen LogP contribution >= 0.6 is 0 Å². The Bertz CT molecular complexity index is 611. The van der Waals surface area contributed by atoms with Gasteiger partial charge in [-0.3, -0.25) is 4.79 Å². The second-order valence-electron chi connectivity index (χ2n) is 4.27. The molecule has 0 fully saturated rings. The lowest BCUT2D eigenvalue weighted by molar-refractivity contribution is -0.127. The first kappa shape index (κ1) is 16.2. The fraction of sp³-hybridized carbons (Fsp3) is 0.308. The summed E-state index contributed by atoms with van der Waals surface area (Å²) in [7, 11) is -3.75. The Morgan fingerprint density at radius 3 is 2.70 bits per heavy atom. The first-order valence-corrected chi connectivity index (χ1v) is 7.49. The van der Waals surface area contributed by atoms with Crippen molar-refractivity contribution in [1.29, 1.82) is 0 Å². The van der Waals surface area contributed by atoms with E-state index in [-0.39, 0.29) is 10.8 Å². The highest BCUT2D eigenvalue weighted by atomic mass is 32.2. The largest absolute Gasteiger partial charge is 0.481 e. The minimum Gasteiger partial charge on any atom is -0.481 e. The van der Waals surface area contributed by atoms with Gasteiger partial charge in [-0.1, -0.05) is 6.08 Å². The maximum absolute atomic E-state index is 11.6. The molecule has 0 heterocycles. The van der Waals surface area contributed by atoms with Crippen molar-refractivity contribution in [2.75, 3.05) is 6.54 Å². The second-order valence-corrected chi connectivity index (χ2v) is 5.80. The van der Waals surface area contributed by atoms with Crippen molar-refractivity contribution >= 4 is 15.9 Å². The van der Waals surface area contributed by atoms with Crippen LogP contribution < -0.4 is 15.2 Å². The van der Waals surface area contributed by atoms with Gasteiger partial charge in [0.15, 0.2) is 6.10 Å². The molecule has 0 saturated heterocycles. The fourth-order valence-corrected chi connectivity index (χ4v) is 2.35. The number of amides is 1. The van der Waals surface area contributed by atoms with Crippen LogP contribution in [0.1, 0.15) is 12.5 Å². The molecule has 6 nitrogen and oxygen atoms in total. The summed E-state index contributed by atoms with van der Waals surface area (Å²) < 4.78 is 28.0. The molecule has 1 aromatic carbocycles. The van der Waals surface area contributed by atoms with Crippen molar-refractivity contribution in [2.24, 2.45) is 5.14 Å². The summed E-state index contributed by atoms with van der Waals surface area (Å²) in [5.41, 5.74) is 0.462. The lowest BCUT2D eigenvalue weighted by Crippen LogP contribution is -2.36. The van der Waals surface area contributed by atoms with Gasteiger partial charge in [0.25, 0.3) is 5.91 Å². The lowest BCUT2D eigenvalue weighted by atomic mass is 10.2. The van der Waals surface area contributed by atoms with Gasteiger partial charge in [-0.15, -0.1) is 6.58 Å². The van der Waals surface area contributed by atoms with Crippen LogP contribution in [0.25, 0.3) is 0 Å². The van der Waals surface area contributed by atoms with E-state index in [1.807, 2.05) is 0 Å². The van der Waals surface area contributed by atoms with Gasteiger partial charge in [0, 0.05) is 6.54 Å². The Hall–Kier alpha value is -1.86. The molecular formula is C13H18N2O4S. The third-order valence-electron chi connectivity index (χ3n) is 2.56. The molecule has 110 valence electrons. The van der Waals surface area contributed by atoms with Crippen molar-refractivity contribution in [3.05, 3.63) is 36.4 Å². The number of hydrogen-bond acceptors (Lipinski definition) is 4. The van der Waals surface area contributed by atoms with E-state index >= 15 is 0 Å². The molecule has 1 atom stereocenters. The SMILES string of the molecule is C=CCNC(=O)C(C)Oc1ccc(S(N)(=O)=O)c(C)c1. The van der Waals surface area contributed by atoms with E-state index in [1.54, 1.807) is 19.9 Å². The van der Waals surface area contributed by atoms with Gasteiger partial charge in [-0.05, 0) is 37.6 Å². The maximum atomic E-state index is 11.6. The van der Waals surface area contributed by atoms with Gasteiger partial charge in [0.05, 0.1) is 4.90 Å². The molecule has 0 aromatic heterocycles. The smallest absolute Gasteiger partial charge is 0.261 e. The molecule has 0 aliphatic carbocycles. The van der Waals surface area contributed by atoms with Crippen molar-refractivity contribution in [1.82, 2.24) is 5.32 Å². The summed E-state index contributed by atoms with van der Waals surface area (Å²) in [4.78, 5) is 11.7. The van der Waals surface area contributed by atoms with Crippen LogP contribution in [0.5, 0.6) is 5.75 Å². The molecule has 0 aliphatic heterocycles. The van der Waals surface area contributed by atoms with Crippen LogP contribution in [0.15, 0.2) is 35.7 Å². The van der Waals surface area contributed by atoms with E-state index in [9.17, 15) is 13.2 Å². The number of carbonyl (C=O) groups is 1. The normalized spacial score (nSPS) is 12.6. The molecule has 7 heteroatoms. The molecule has 1 amide bonds. The van der Waals surface area contributed by atoms with E-state index in [0.717, 1.165) is 0 Å². The molecule has 0 bridgehead atoms. The number of carbonyl (C=O) groups excluding carboxylic acids is 1. The number of hydrogen-bond donors (Lipinski definition) is 2. The highest BCUT2D eigenvalue weighted by Crippen LogP contribution is 2.21. The lowest BCUT2D eigenvalue weighted by Gasteiger charge is -2.15. The van der Waals surface area contributed by atoms with Crippen LogP contribution in [0.4, 0.5) is 0 Å². The number of sulfonamides is 1. The highest BCUT2D eigenvalue weighted by Gasteiger charge is 2.16. The summed E-state index contributed by atoms with van der Waals surface area (Å²) in [6.07, 6.45) is 0.866. The van der Waals surface area contributed by atoms with Crippen molar-refractivity contribution in [3.8, 4) is 5.75 Å². The van der Waals surface area contributed by atoms with Crippen molar-refractivity contribution in [3.63, 3.8) is 0 Å². The molecule has 3 N–H and O–H groups in total. The molecule has 1 aromatic rings. The zero-order chi connectivity index (χ0) is 15.3. The van der Waals surface area contributed by atoms with Gasteiger partial charge in [-0.2, -0.15) is 0 Å². The third kappa shape index (κ3) is 4.36. The predicted octanol–water partition coefficient (Wildman–Crippen LogP) is 0.712. The van der Waals surface area contributed by atoms with E-state index in [4.69, 9.17) is 9.88 Å². The fourth-order valence-electron chi connectivity index (χ4n) is 1.59. The zero-order valence-electron chi connectivity index (χ0n) is 11.4. The Morgan fingerprint density at radius 2 is 2.20 bits per heavy atom. The summed E-state index contributed by atoms with van der Waals surface area (Å²) in [6, 6.07) is 4.34. The Labute approximate surface area is 118 Å². The average molecular weight is 298 g/mol. The monoisotopic (exact) mass is 298 g/mol. The van der Waals surface area contributed by atoms with Crippen LogP contribution in [-0.2, 0) is 14.8 Å². The number of benzene rings is 1. The quantitative estimate of drug-likeness (QED) is 0.756. The molecule has 0 aliphatic rings. The van der Waals surface area contributed by atoms with E-state index in [2.05, 4.69) is 11.9 Å².